The van der Waals surface area contributed by atoms with Crippen molar-refractivity contribution < 1.29 is 27.1 Å². The van der Waals surface area contributed by atoms with Crippen LogP contribution in [0.25, 0.3) is 0 Å². The summed E-state index contributed by atoms with van der Waals surface area (Å²) in [6.07, 6.45) is -4.55. The standard InChI is InChI=1S/C20H24F4N2O2/c1-13(15-6-5-14(11-16(15)21)20(22,23)24)19(12-25)7-9-26(10-8-19)17(27)28-18(2,3)4/h5-6,11,13H,7-10H2,1-4H3. The zero-order valence-corrected chi connectivity index (χ0v) is 16.4. The second-order valence-electron chi connectivity index (χ2n) is 8.19. The largest absolute Gasteiger partial charge is 0.444 e. The molecule has 1 amide bonds. The molecule has 1 aromatic carbocycles. The Hall–Kier alpha value is -2.30. The van der Waals surface area contributed by atoms with Gasteiger partial charge in [-0.2, -0.15) is 18.4 Å². The molecule has 1 atom stereocenters. The summed E-state index contributed by atoms with van der Waals surface area (Å²) in [5.74, 6) is -1.60. The molecule has 1 aliphatic rings. The van der Waals surface area contributed by atoms with Crippen LogP contribution in [-0.2, 0) is 10.9 Å². The first kappa shape index (κ1) is 22.0. The van der Waals surface area contributed by atoms with Crippen LogP contribution in [0, 0.1) is 22.6 Å². The van der Waals surface area contributed by atoms with Gasteiger partial charge in [0.15, 0.2) is 0 Å². The highest BCUT2D eigenvalue weighted by atomic mass is 19.4. The van der Waals surface area contributed by atoms with E-state index in [0.717, 1.165) is 12.1 Å². The summed E-state index contributed by atoms with van der Waals surface area (Å²) in [5.41, 5.74) is -2.61. The molecule has 1 aliphatic heterocycles. The molecular formula is C20H24F4N2O2. The van der Waals surface area contributed by atoms with Gasteiger partial charge in [0.1, 0.15) is 11.4 Å². The molecule has 0 saturated carbocycles. The third-order valence-corrected chi connectivity index (χ3v) is 5.15. The van der Waals surface area contributed by atoms with Gasteiger partial charge in [-0.25, -0.2) is 9.18 Å². The Labute approximate surface area is 162 Å². The Morgan fingerprint density at radius 2 is 1.82 bits per heavy atom. The van der Waals surface area contributed by atoms with Crippen molar-refractivity contribution in [2.45, 2.75) is 58.2 Å². The van der Waals surface area contributed by atoms with E-state index in [-0.39, 0.29) is 31.5 Å². The number of hydrogen-bond donors (Lipinski definition) is 0. The van der Waals surface area contributed by atoms with Crippen molar-refractivity contribution in [3.8, 4) is 6.07 Å². The molecule has 0 N–H and O–H groups in total. The number of carbonyl (C=O) groups is 1. The lowest BCUT2D eigenvalue weighted by Gasteiger charge is -2.41. The first-order chi connectivity index (χ1) is 12.8. The van der Waals surface area contributed by atoms with Crippen LogP contribution >= 0.6 is 0 Å². The number of rotatable bonds is 2. The molecular weight excluding hydrogens is 376 g/mol. The number of alkyl halides is 3. The van der Waals surface area contributed by atoms with E-state index in [1.54, 1.807) is 27.7 Å². The minimum absolute atomic E-state index is 0.0697. The number of ether oxygens (including phenoxy) is 1. The van der Waals surface area contributed by atoms with E-state index in [4.69, 9.17) is 4.74 Å². The Bertz CT molecular complexity index is 770. The molecule has 1 fully saturated rings. The number of nitriles is 1. The summed E-state index contributed by atoms with van der Waals surface area (Å²) in [6, 6.07) is 4.62. The molecule has 154 valence electrons. The van der Waals surface area contributed by atoms with Crippen molar-refractivity contribution in [1.29, 1.82) is 5.26 Å². The minimum Gasteiger partial charge on any atom is -0.444 e. The van der Waals surface area contributed by atoms with Gasteiger partial charge in [0.25, 0.3) is 0 Å². The molecule has 1 heterocycles. The van der Waals surface area contributed by atoms with E-state index in [1.165, 1.54) is 4.90 Å². The number of amides is 1. The molecule has 1 unspecified atom stereocenters. The van der Waals surface area contributed by atoms with Gasteiger partial charge in [-0.15, -0.1) is 0 Å². The van der Waals surface area contributed by atoms with E-state index in [9.17, 15) is 27.6 Å². The van der Waals surface area contributed by atoms with Crippen LogP contribution < -0.4 is 0 Å². The van der Waals surface area contributed by atoms with Crippen molar-refractivity contribution in [2.24, 2.45) is 5.41 Å². The number of hydrogen-bond acceptors (Lipinski definition) is 3. The van der Waals surface area contributed by atoms with E-state index in [2.05, 4.69) is 6.07 Å². The maximum Gasteiger partial charge on any atom is 0.416 e. The van der Waals surface area contributed by atoms with Gasteiger partial charge in [0.05, 0.1) is 17.0 Å². The van der Waals surface area contributed by atoms with Crippen molar-refractivity contribution in [3.05, 3.63) is 35.1 Å². The Balaban J connectivity index is 2.18. The lowest BCUT2D eigenvalue weighted by molar-refractivity contribution is -0.137. The average Bonchev–Trinajstić information content (AvgIpc) is 2.59. The highest BCUT2D eigenvalue weighted by Gasteiger charge is 2.43. The number of carbonyl (C=O) groups excluding carboxylic acids is 1. The van der Waals surface area contributed by atoms with E-state index in [1.807, 2.05) is 0 Å². The van der Waals surface area contributed by atoms with E-state index >= 15 is 0 Å². The molecule has 0 aliphatic carbocycles. The SMILES string of the molecule is CC(c1ccc(C(F)(F)F)cc1F)C1(C#N)CCN(C(=O)OC(C)(C)C)CC1. The number of benzene rings is 1. The number of piperidine rings is 1. The lowest BCUT2D eigenvalue weighted by Crippen LogP contribution is -2.46. The molecule has 4 nitrogen and oxygen atoms in total. The monoisotopic (exact) mass is 400 g/mol. The molecule has 0 bridgehead atoms. The maximum atomic E-state index is 14.4. The van der Waals surface area contributed by atoms with Crippen LogP contribution in [0.3, 0.4) is 0 Å². The lowest BCUT2D eigenvalue weighted by atomic mass is 9.68. The van der Waals surface area contributed by atoms with Gasteiger partial charge >= 0.3 is 12.3 Å². The molecule has 0 radical (unpaired) electrons. The Morgan fingerprint density at radius 3 is 2.25 bits per heavy atom. The zero-order valence-electron chi connectivity index (χ0n) is 16.4. The summed E-state index contributed by atoms with van der Waals surface area (Å²) in [5, 5.41) is 9.77. The van der Waals surface area contributed by atoms with E-state index in [0.29, 0.717) is 6.07 Å². The van der Waals surface area contributed by atoms with Gasteiger partial charge in [-0.05, 0) is 51.3 Å². The quantitative estimate of drug-likeness (QED) is 0.617. The highest BCUT2D eigenvalue weighted by molar-refractivity contribution is 5.68. The predicted molar refractivity (Wildman–Crippen MR) is 94.9 cm³/mol. The second-order valence-corrected chi connectivity index (χ2v) is 8.19. The van der Waals surface area contributed by atoms with Gasteiger partial charge in [-0.1, -0.05) is 13.0 Å². The van der Waals surface area contributed by atoms with E-state index < -0.39 is 40.6 Å². The van der Waals surface area contributed by atoms with Crippen LogP contribution in [0.2, 0.25) is 0 Å². The minimum atomic E-state index is -4.63. The number of halogens is 4. The maximum absolute atomic E-state index is 14.4. The Kier molecular flexibility index (Phi) is 5.98. The second kappa shape index (κ2) is 7.61. The van der Waals surface area contributed by atoms with Crippen LogP contribution in [0.4, 0.5) is 22.4 Å². The first-order valence-electron chi connectivity index (χ1n) is 9.05. The fraction of sp³-hybridized carbons (Fsp3) is 0.600. The molecule has 1 aromatic rings. The summed E-state index contributed by atoms with van der Waals surface area (Å²) < 4.78 is 58.0. The van der Waals surface area contributed by atoms with Crippen LogP contribution in [0.1, 0.15) is 57.6 Å². The van der Waals surface area contributed by atoms with Crippen molar-refractivity contribution in [1.82, 2.24) is 4.90 Å². The summed E-state index contributed by atoms with van der Waals surface area (Å²) >= 11 is 0. The van der Waals surface area contributed by atoms with Gasteiger partial charge in [-0.3, -0.25) is 0 Å². The molecule has 2 rings (SSSR count). The van der Waals surface area contributed by atoms with Crippen molar-refractivity contribution in [2.75, 3.05) is 13.1 Å². The third-order valence-electron chi connectivity index (χ3n) is 5.15. The smallest absolute Gasteiger partial charge is 0.416 e. The topological polar surface area (TPSA) is 53.3 Å². The summed E-state index contributed by atoms with van der Waals surface area (Å²) in [4.78, 5) is 13.7. The molecule has 28 heavy (non-hydrogen) atoms. The number of nitrogens with zero attached hydrogens (tertiary/aromatic N) is 2. The first-order valence-corrected chi connectivity index (χ1v) is 9.05. The van der Waals surface area contributed by atoms with Crippen LogP contribution in [0.5, 0.6) is 0 Å². The normalized spacial score (nSPS) is 18.3. The van der Waals surface area contributed by atoms with Crippen LogP contribution in [0.15, 0.2) is 18.2 Å². The molecule has 0 aromatic heterocycles. The third kappa shape index (κ3) is 4.75. The van der Waals surface area contributed by atoms with Gasteiger partial charge in [0, 0.05) is 19.0 Å². The summed E-state index contributed by atoms with van der Waals surface area (Å²) in [6.45, 7) is 7.42. The Morgan fingerprint density at radius 1 is 1.25 bits per heavy atom. The molecule has 1 saturated heterocycles. The molecule has 8 heteroatoms. The molecule has 0 spiro atoms. The average molecular weight is 400 g/mol. The fourth-order valence-electron chi connectivity index (χ4n) is 3.41. The highest BCUT2D eigenvalue weighted by Crippen LogP contribution is 2.45. The van der Waals surface area contributed by atoms with Gasteiger partial charge < -0.3 is 9.64 Å². The number of likely N-dealkylation sites (tertiary alicyclic amines) is 1. The summed E-state index contributed by atoms with van der Waals surface area (Å²) in [7, 11) is 0. The fourth-order valence-corrected chi connectivity index (χ4v) is 3.41. The van der Waals surface area contributed by atoms with Gasteiger partial charge in [0.2, 0.25) is 0 Å². The zero-order chi connectivity index (χ0) is 21.3. The van der Waals surface area contributed by atoms with Crippen LogP contribution in [-0.4, -0.2) is 29.7 Å². The van der Waals surface area contributed by atoms with Crippen molar-refractivity contribution in [3.63, 3.8) is 0 Å². The predicted octanol–water partition coefficient (Wildman–Crippen LogP) is 5.49. The van der Waals surface area contributed by atoms with Crippen molar-refractivity contribution >= 4 is 6.09 Å².